The van der Waals surface area contributed by atoms with Crippen molar-refractivity contribution in [2.75, 3.05) is 6.61 Å². The Bertz CT molecular complexity index is 1020. The minimum absolute atomic E-state index is 0.0570. The van der Waals surface area contributed by atoms with Gasteiger partial charge in [-0.1, -0.05) is 6.07 Å². The molecule has 0 aliphatic rings. The summed E-state index contributed by atoms with van der Waals surface area (Å²) in [6.45, 7) is 0.0503. The largest absolute Gasteiger partial charge is 0.395 e. The lowest BCUT2D eigenvalue weighted by Gasteiger charge is -2.11. The van der Waals surface area contributed by atoms with E-state index >= 15 is 0 Å². The summed E-state index contributed by atoms with van der Waals surface area (Å²) in [5.41, 5.74) is 1.00. The molecule has 1 N–H and O–H groups in total. The Hall–Kier alpha value is -2.93. The first-order valence-electron chi connectivity index (χ1n) is 7.56. The maximum Gasteiger partial charge on any atom is 0.218 e. The van der Waals surface area contributed by atoms with Crippen molar-refractivity contribution in [1.29, 1.82) is 0 Å². The van der Waals surface area contributed by atoms with E-state index in [1.807, 2.05) is 0 Å². The van der Waals surface area contributed by atoms with E-state index in [2.05, 4.69) is 4.98 Å². The Balaban J connectivity index is 2.09. The molecule has 1 aromatic carbocycles. The SMILES string of the molecule is O=Cc1cn(CCO)c2ccc(Cc3ccc(F)c(F)c3)nc2c1=O. The molecule has 0 aliphatic carbocycles. The number of pyridine rings is 2. The molecule has 0 aliphatic heterocycles. The van der Waals surface area contributed by atoms with Gasteiger partial charge in [-0.2, -0.15) is 0 Å². The predicted octanol–water partition coefficient (Wildman–Crippen LogP) is 2.07. The summed E-state index contributed by atoms with van der Waals surface area (Å²) in [5.74, 6) is -1.88. The molecule has 0 radical (unpaired) electrons. The molecule has 128 valence electrons. The molecular weight excluding hydrogens is 330 g/mol. The Kier molecular flexibility index (Phi) is 4.67. The number of hydrogen-bond acceptors (Lipinski definition) is 4. The minimum atomic E-state index is -0.952. The summed E-state index contributed by atoms with van der Waals surface area (Å²) < 4.78 is 27.9. The highest BCUT2D eigenvalue weighted by atomic mass is 19.2. The fourth-order valence-electron chi connectivity index (χ4n) is 2.66. The van der Waals surface area contributed by atoms with Gasteiger partial charge in [0, 0.05) is 24.9 Å². The molecule has 0 amide bonds. The van der Waals surface area contributed by atoms with Crippen LogP contribution in [0.4, 0.5) is 8.78 Å². The molecule has 7 heteroatoms. The van der Waals surface area contributed by atoms with E-state index in [4.69, 9.17) is 5.11 Å². The highest BCUT2D eigenvalue weighted by Gasteiger charge is 2.11. The van der Waals surface area contributed by atoms with Crippen LogP contribution in [-0.4, -0.2) is 27.6 Å². The fourth-order valence-corrected chi connectivity index (χ4v) is 2.66. The van der Waals surface area contributed by atoms with Gasteiger partial charge in [-0.3, -0.25) is 9.59 Å². The van der Waals surface area contributed by atoms with Crippen molar-refractivity contribution in [3.05, 3.63) is 75.2 Å². The average molecular weight is 344 g/mol. The van der Waals surface area contributed by atoms with Crippen molar-refractivity contribution in [1.82, 2.24) is 9.55 Å². The van der Waals surface area contributed by atoms with E-state index in [1.165, 1.54) is 12.3 Å². The number of halogens is 2. The maximum atomic E-state index is 13.3. The number of nitrogens with zero attached hydrogens (tertiary/aromatic N) is 2. The van der Waals surface area contributed by atoms with Gasteiger partial charge in [-0.15, -0.1) is 0 Å². The molecule has 0 unspecified atom stereocenters. The topological polar surface area (TPSA) is 72.2 Å². The minimum Gasteiger partial charge on any atom is -0.395 e. The second kappa shape index (κ2) is 6.90. The number of carbonyl (C=O) groups excluding carboxylic acids is 1. The van der Waals surface area contributed by atoms with Crippen LogP contribution < -0.4 is 5.43 Å². The maximum absolute atomic E-state index is 13.3. The van der Waals surface area contributed by atoms with Gasteiger partial charge in [0.2, 0.25) is 5.43 Å². The van der Waals surface area contributed by atoms with Crippen LogP contribution in [0.3, 0.4) is 0 Å². The molecule has 2 aromatic heterocycles. The first-order chi connectivity index (χ1) is 12.0. The molecule has 3 rings (SSSR count). The summed E-state index contributed by atoms with van der Waals surface area (Å²) >= 11 is 0. The van der Waals surface area contributed by atoms with E-state index in [9.17, 15) is 18.4 Å². The summed E-state index contributed by atoms with van der Waals surface area (Å²) in [6.07, 6.45) is 2.03. The lowest BCUT2D eigenvalue weighted by molar-refractivity contribution is 0.112. The fraction of sp³-hybridized carbons (Fsp3) is 0.167. The van der Waals surface area contributed by atoms with Crippen molar-refractivity contribution in [2.24, 2.45) is 0 Å². The highest BCUT2D eigenvalue weighted by Crippen LogP contribution is 2.15. The van der Waals surface area contributed by atoms with Gasteiger partial charge in [0.1, 0.15) is 5.52 Å². The van der Waals surface area contributed by atoms with Gasteiger partial charge >= 0.3 is 0 Å². The Labute approximate surface area is 141 Å². The van der Waals surface area contributed by atoms with Crippen LogP contribution in [0.15, 0.2) is 41.3 Å². The third-order valence-corrected chi connectivity index (χ3v) is 3.85. The molecule has 5 nitrogen and oxygen atoms in total. The van der Waals surface area contributed by atoms with Crippen LogP contribution in [-0.2, 0) is 13.0 Å². The Morgan fingerprint density at radius 3 is 2.64 bits per heavy atom. The number of rotatable bonds is 5. The number of aliphatic hydroxyl groups excluding tert-OH is 1. The van der Waals surface area contributed by atoms with Crippen LogP contribution in [0, 0.1) is 11.6 Å². The smallest absolute Gasteiger partial charge is 0.218 e. The zero-order valence-corrected chi connectivity index (χ0v) is 13.1. The number of benzene rings is 1. The average Bonchev–Trinajstić information content (AvgIpc) is 2.61. The van der Waals surface area contributed by atoms with Crippen LogP contribution in [0.5, 0.6) is 0 Å². The number of hydrogen-bond donors (Lipinski definition) is 1. The molecule has 0 bridgehead atoms. The first-order valence-corrected chi connectivity index (χ1v) is 7.56. The van der Waals surface area contributed by atoms with Crippen LogP contribution in [0.25, 0.3) is 11.0 Å². The molecule has 0 spiro atoms. The van der Waals surface area contributed by atoms with Gasteiger partial charge in [0.15, 0.2) is 17.9 Å². The molecule has 0 atom stereocenters. The van der Waals surface area contributed by atoms with Gasteiger partial charge < -0.3 is 9.67 Å². The molecule has 25 heavy (non-hydrogen) atoms. The summed E-state index contributed by atoms with van der Waals surface area (Å²) in [4.78, 5) is 27.7. The molecule has 0 fully saturated rings. The van der Waals surface area contributed by atoms with Crippen molar-refractivity contribution in [3.8, 4) is 0 Å². The second-order valence-corrected chi connectivity index (χ2v) is 5.54. The second-order valence-electron chi connectivity index (χ2n) is 5.54. The third-order valence-electron chi connectivity index (χ3n) is 3.85. The Morgan fingerprint density at radius 2 is 1.96 bits per heavy atom. The van der Waals surface area contributed by atoms with E-state index in [1.54, 1.807) is 16.7 Å². The summed E-state index contributed by atoms with van der Waals surface area (Å²) in [7, 11) is 0. The van der Waals surface area contributed by atoms with E-state index in [-0.39, 0.29) is 30.7 Å². The standard InChI is InChI=1S/C18H14F2N2O3/c19-14-3-1-11(8-15(14)20)7-13-2-4-16-17(21-13)18(25)12(10-24)9-22(16)5-6-23/h1-4,8-10,23H,5-7H2. The first kappa shape index (κ1) is 16.9. The molecule has 2 heterocycles. The van der Waals surface area contributed by atoms with Crippen molar-refractivity contribution >= 4 is 17.3 Å². The van der Waals surface area contributed by atoms with Crippen LogP contribution >= 0.6 is 0 Å². The van der Waals surface area contributed by atoms with Gasteiger partial charge in [0.05, 0.1) is 17.7 Å². The molecule has 3 aromatic rings. The lowest BCUT2D eigenvalue weighted by atomic mass is 10.1. The highest BCUT2D eigenvalue weighted by molar-refractivity contribution is 5.83. The van der Waals surface area contributed by atoms with E-state index in [0.29, 0.717) is 23.1 Å². The van der Waals surface area contributed by atoms with Crippen LogP contribution in [0.2, 0.25) is 0 Å². The lowest BCUT2D eigenvalue weighted by Crippen LogP contribution is -2.17. The van der Waals surface area contributed by atoms with Crippen molar-refractivity contribution < 1.29 is 18.7 Å². The Morgan fingerprint density at radius 1 is 1.16 bits per heavy atom. The monoisotopic (exact) mass is 344 g/mol. The number of aromatic nitrogens is 2. The quantitative estimate of drug-likeness (QED) is 0.719. The van der Waals surface area contributed by atoms with Crippen molar-refractivity contribution in [3.63, 3.8) is 0 Å². The third kappa shape index (κ3) is 3.32. The van der Waals surface area contributed by atoms with Gasteiger partial charge in [-0.05, 0) is 29.8 Å². The zero-order chi connectivity index (χ0) is 18.0. The van der Waals surface area contributed by atoms with Crippen LogP contribution in [0.1, 0.15) is 21.6 Å². The normalized spacial score (nSPS) is 11.0. The predicted molar refractivity (Wildman–Crippen MR) is 87.6 cm³/mol. The molecular formula is C18H14F2N2O3. The number of aliphatic hydroxyl groups is 1. The van der Waals surface area contributed by atoms with Crippen molar-refractivity contribution in [2.45, 2.75) is 13.0 Å². The van der Waals surface area contributed by atoms with Gasteiger partial charge in [-0.25, -0.2) is 13.8 Å². The number of aldehydes is 1. The molecule has 0 saturated carbocycles. The van der Waals surface area contributed by atoms with E-state index in [0.717, 1.165) is 12.1 Å². The molecule has 0 saturated heterocycles. The number of fused-ring (bicyclic) bond motifs is 1. The summed E-state index contributed by atoms with van der Waals surface area (Å²) in [5, 5.41) is 9.14. The van der Waals surface area contributed by atoms with Gasteiger partial charge in [0.25, 0.3) is 0 Å². The number of carbonyl (C=O) groups is 1. The van der Waals surface area contributed by atoms with E-state index < -0.39 is 17.1 Å². The zero-order valence-electron chi connectivity index (χ0n) is 13.1. The summed E-state index contributed by atoms with van der Waals surface area (Å²) in [6, 6.07) is 6.87.